The standard InChI is InChI=1S/C14H20N6O2/c1-8(2)20-15-7-12(19-20)18-13(21)6-5-11-9(3)16-14(22)17-10(11)4/h7-8H,5-6H2,1-4H3,(H,16,17,22)(H,18,19,21). The van der Waals surface area contributed by atoms with Gasteiger partial charge < -0.3 is 10.3 Å². The first kappa shape index (κ1) is 15.9. The van der Waals surface area contributed by atoms with Gasteiger partial charge in [0, 0.05) is 17.8 Å². The Labute approximate surface area is 128 Å². The molecular formula is C14H20N6O2. The minimum absolute atomic E-state index is 0.142. The first-order chi connectivity index (χ1) is 10.4. The minimum atomic E-state index is -0.367. The van der Waals surface area contributed by atoms with Crippen LogP contribution in [0.15, 0.2) is 11.0 Å². The van der Waals surface area contributed by atoms with E-state index >= 15 is 0 Å². The molecule has 0 aliphatic rings. The molecule has 0 atom stereocenters. The van der Waals surface area contributed by atoms with E-state index in [0.29, 0.717) is 17.9 Å². The van der Waals surface area contributed by atoms with Gasteiger partial charge in [0.25, 0.3) is 0 Å². The van der Waals surface area contributed by atoms with Crippen LogP contribution in [0.3, 0.4) is 0 Å². The Morgan fingerprint density at radius 2 is 2.14 bits per heavy atom. The van der Waals surface area contributed by atoms with Crippen LogP contribution in [0.25, 0.3) is 0 Å². The normalized spacial score (nSPS) is 11.0. The van der Waals surface area contributed by atoms with Crippen molar-refractivity contribution in [1.29, 1.82) is 0 Å². The van der Waals surface area contributed by atoms with Crippen molar-refractivity contribution in [3.05, 3.63) is 33.6 Å². The van der Waals surface area contributed by atoms with Crippen molar-refractivity contribution in [3.63, 3.8) is 0 Å². The van der Waals surface area contributed by atoms with Crippen LogP contribution in [0.1, 0.15) is 43.3 Å². The van der Waals surface area contributed by atoms with E-state index in [4.69, 9.17) is 0 Å². The number of carbonyl (C=O) groups is 1. The van der Waals surface area contributed by atoms with Gasteiger partial charge in [-0.1, -0.05) is 0 Å². The summed E-state index contributed by atoms with van der Waals surface area (Å²) in [5, 5.41) is 10.9. The van der Waals surface area contributed by atoms with E-state index in [1.165, 1.54) is 11.0 Å². The molecule has 8 nitrogen and oxygen atoms in total. The average Bonchev–Trinajstić information content (AvgIpc) is 2.86. The summed E-state index contributed by atoms with van der Waals surface area (Å²) in [6.45, 7) is 7.49. The van der Waals surface area contributed by atoms with E-state index in [9.17, 15) is 9.59 Å². The van der Waals surface area contributed by atoms with Crippen LogP contribution in [0.4, 0.5) is 5.82 Å². The quantitative estimate of drug-likeness (QED) is 0.861. The van der Waals surface area contributed by atoms with Gasteiger partial charge in [-0.15, -0.1) is 5.10 Å². The van der Waals surface area contributed by atoms with E-state index in [0.717, 1.165) is 11.3 Å². The number of nitrogens with zero attached hydrogens (tertiary/aromatic N) is 4. The number of aromatic amines is 1. The Hall–Kier alpha value is -2.51. The second-order valence-corrected chi connectivity index (χ2v) is 5.42. The van der Waals surface area contributed by atoms with Gasteiger partial charge in [0.2, 0.25) is 5.91 Å². The molecule has 0 aromatic carbocycles. The molecule has 0 saturated heterocycles. The summed E-state index contributed by atoms with van der Waals surface area (Å²) in [5.74, 6) is 0.285. The van der Waals surface area contributed by atoms with Crippen molar-refractivity contribution in [1.82, 2.24) is 25.0 Å². The maximum atomic E-state index is 12.0. The van der Waals surface area contributed by atoms with Crippen LogP contribution in [0.5, 0.6) is 0 Å². The van der Waals surface area contributed by atoms with Crippen LogP contribution < -0.4 is 11.0 Å². The van der Waals surface area contributed by atoms with Gasteiger partial charge in [-0.2, -0.15) is 14.9 Å². The Morgan fingerprint density at radius 1 is 1.41 bits per heavy atom. The number of amides is 1. The SMILES string of the molecule is Cc1nc(=O)[nH]c(C)c1CCC(=O)Nc1cnn(C(C)C)n1. The molecule has 2 aromatic heterocycles. The lowest BCUT2D eigenvalue weighted by atomic mass is 10.1. The first-order valence-electron chi connectivity index (χ1n) is 7.15. The fraction of sp³-hybridized carbons (Fsp3) is 0.500. The molecular weight excluding hydrogens is 284 g/mol. The fourth-order valence-electron chi connectivity index (χ4n) is 2.15. The molecule has 0 aliphatic carbocycles. The third-order valence-electron chi connectivity index (χ3n) is 3.29. The summed E-state index contributed by atoms with van der Waals surface area (Å²) < 4.78 is 0. The molecule has 22 heavy (non-hydrogen) atoms. The molecule has 118 valence electrons. The maximum absolute atomic E-state index is 12.0. The molecule has 0 spiro atoms. The van der Waals surface area contributed by atoms with E-state index in [2.05, 4.69) is 25.5 Å². The highest BCUT2D eigenvalue weighted by molar-refractivity contribution is 5.89. The van der Waals surface area contributed by atoms with Crippen LogP contribution in [0.2, 0.25) is 0 Å². The molecule has 0 aliphatic heterocycles. The summed E-state index contributed by atoms with van der Waals surface area (Å²) in [4.78, 5) is 31.2. The number of aromatic nitrogens is 5. The number of H-pyrrole nitrogens is 1. The Balaban J connectivity index is 1.97. The second kappa shape index (κ2) is 6.50. The van der Waals surface area contributed by atoms with Crippen molar-refractivity contribution < 1.29 is 4.79 Å². The van der Waals surface area contributed by atoms with E-state index in [1.807, 2.05) is 13.8 Å². The lowest BCUT2D eigenvalue weighted by Crippen LogP contribution is -2.18. The van der Waals surface area contributed by atoms with Crippen LogP contribution in [-0.2, 0) is 11.2 Å². The number of hydrogen-bond donors (Lipinski definition) is 2. The van der Waals surface area contributed by atoms with Gasteiger partial charge in [0.15, 0.2) is 5.82 Å². The summed E-state index contributed by atoms with van der Waals surface area (Å²) >= 11 is 0. The third-order valence-corrected chi connectivity index (χ3v) is 3.29. The molecule has 2 N–H and O–H groups in total. The molecule has 2 aromatic rings. The Bertz CT molecular complexity index is 705. The molecule has 2 rings (SSSR count). The van der Waals surface area contributed by atoms with Crippen molar-refractivity contribution in [2.45, 2.75) is 46.6 Å². The zero-order valence-electron chi connectivity index (χ0n) is 13.2. The number of carbonyl (C=O) groups excluding carboxylic acids is 1. The lowest BCUT2D eigenvalue weighted by molar-refractivity contribution is -0.116. The Kier molecular flexibility index (Phi) is 4.69. The van der Waals surface area contributed by atoms with E-state index in [-0.39, 0.29) is 24.1 Å². The van der Waals surface area contributed by atoms with E-state index < -0.39 is 0 Å². The van der Waals surface area contributed by atoms with Gasteiger partial charge in [0.05, 0.1) is 12.2 Å². The summed E-state index contributed by atoms with van der Waals surface area (Å²) in [6, 6.07) is 0.142. The number of nitrogens with one attached hydrogen (secondary N) is 2. The highest BCUT2D eigenvalue weighted by atomic mass is 16.2. The van der Waals surface area contributed by atoms with Crippen LogP contribution in [0, 0.1) is 13.8 Å². The van der Waals surface area contributed by atoms with Crippen molar-refractivity contribution >= 4 is 11.7 Å². The number of anilines is 1. The topological polar surface area (TPSA) is 106 Å². The van der Waals surface area contributed by atoms with Crippen LogP contribution >= 0.6 is 0 Å². The average molecular weight is 304 g/mol. The monoisotopic (exact) mass is 304 g/mol. The second-order valence-electron chi connectivity index (χ2n) is 5.42. The minimum Gasteiger partial charge on any atom is -0.310 e. The molecule has 2 heterocycles. The fourth-order valence-corrected chi connectivity index (χ4v) is 2.15. The maximum Gasteiger partial charge on any atom is 0.345 e. The molecule has 0 saturated carbocycles. The molecule has 0 bridgehead atoms. The molecule has 0 radical (unpaired) electrons. The third kappa shape index (κ3) is 3.78. The van der Waals surface area contributed by atoms with Gasteiger partial charge in [-0.3, -0.25) is 4.79 Å². The lowest BCUT2D eigenvalue weighted by Gasteiger charge is -2.08. The van der Waals surface area contributed by atoms with Crippen molar-refractivity contribution in [3.8, 4) is 0 Å². The predicted molar refractivity (Wildman–Crippen MR) is 81.7 cm³/mol. The largest absolute Gasteiger partial charge is 0.345 e. The summed E-state index contributed by atoms with van der Waals surface area (Å²) in [5.41, 5.74) is 1.92. The van der Waals surface area contributed by atoms with Gasteiger partial charge in [-0.25, -0.2) is 4.79 Å². The molecule has 0 unspecified atom stereocenters. The number of hydrogen-bond acceptors (Lipinski definition) is 5. The molecule has 1 amide bonds. The highest BCUT2D eigenvalue weighted by Gasteiger charge is 2.11. The summed E-state index contributed by atoms with van der Waals surface area (Å²) in [7, 11) is 0. The number of rotatable bonds is 5. The Morgan fingerprint density at radius 3 is 2.73 bits per heavy atom. The van der Waals surface area contributed by atoms with Gasteiger partial charge in [0.1, 0.15) is 0 Å². The van der Waals surface area contributed by atoms with Crippen LogP contribution in [-0.4, -0.2) is 30.9 Å². The van der Waals surface area contributed by atoms with Crippen molar-refractivity contribution in [2.24, 2.45) is 0 Å². The van der Waals surface area contributed by atoms with Gasteiger partial charge in [-0.05, 0) is 39.7 Å². The first-order valence-corrected chi connectivity index (χ1v) is 7.15. The highest BCUT2D eigenvalue weighted by Crippen LogP contribution is 2.11. The summed E-state index contributed by atoms with van der Waals surface area (Å²) in [6.07, 6.45) is 2.31. The molecule has 8 heteroatoms. The van der Waals surface area contributed by atoms with Crippen molar-refractivity contribution in [2.75, 3.05) is 5.32 Å². The zero-order valence-corrected chi connectivity index (χ0v) is 13.2. The molecule has 0 fully saturated rings. The number of aryl methyl sites for hydroxylation is 2. The van der Waals surface area contributed by atoms with Gasteiger partial charge >= 0.3 is 5.69 Å². The van der Waals surface area contributed by atoms with E-state index in [1.54, 1.807) is 13.8 Å². The zero-order chi connectivity index (χ0) is 16.3. The predicted octanol–water partition coefficient (Wildman–Crippen LogP) is 1.13. The smallest absolute Gasteiger partial charge is 0.310 e.